The molecule has 0 aliphatic carbocycles. The van der Waals surface area contributed by atoms with Crippen molar-refractivity contribution in [2.75, 3.05) is 5.32 Å². The first-order chi connectivity index (χ1) is 9.74. The number of aromatic nitrogens is 3. The van der Waals surface area contributed by atoms with E-state index in [1.54, 1.807) is 36.6 Å². The van der Waals surface area contributed by atoms with Crippen LogP contribution in [0, 0.1) is 0 Å². The highest BCUT2D eigenvalue weighted by molar-refractivity contribution is 5.74. The molecule has 3 N–H and O–H groups in total. The van der Waals surface area contributed by atoms with Gasteiger partial charge in [0, 0.05) is 12.4 Å². The van der Waals surface area contributed by atoms with E-state index >= 15 is 0 Å². The number of imidazole rings is 1. The molecule has 0 unspecified atom stereocenters. The lowest BCUT2D eigenvalue weighted by atomic mass is 10.4. The number of H-pyrrole nitrogens is 1. The highest BCUT2D eigenvalue weighted by Crippen LogP contribution is 2.16. The van der Waals surface area contributed by atoms with Gasteiger partial charge in [0.25, 0.3) is 0 Å². The number of fused-ring (bicyclic) bond motifs is 1. The van der Waals surface area contributed by atoms with Crippen LogP contribution in [-0.4, -0.2) is 31.1 Å². The number of rotatable bonds is 2. The van der Waals surface area contributed by atoms with E-state index in [1.165, 1.54) is 6.20 Å². The molecule has 3 heterocycles. The summed E-state index contributed by atoms with van der Waals surface area (Å²) < 4.78 is 0. The van der Waals surface area contributed by atoms with E-state index in [2.05, 4.69) is 20.3 Å². The number of allylic oxidation sites excluding steroid dienone is 4. The Hall–Kier alpha value is -3.09. The minimum absolute atomic E-state index is 0.376. The molecule has 20 heavy (non-hydrogen) atoms. The molecule has 7 heteroatoms. The van der Waals surface area contributed by atoms with Crippen molar-refractivity contribution in [1.29, 1.82) is 0 Å². The largest absolute Gasteiger partial charge is 0.464 e. The van der Waals surface area contributed by atoms with Crippen molar-refractivity contribution < 1.29 is 9.90 Å². The molecule has 7 nitrogen and oxygen atoms in total. The Kier molecular flexibility index (Phi) is 2.92. The zero-order valence-corrected chi connectivity index (χ0v) is 10.3. The lowest BCUT2D eigenvalue weighted by Crippen LogP contribution is -2.27. The normalized spacial score (nSPS) is 14.2. The van der Waals surface area contributed by atoms with Crippen LogP contribution in [0.4, 0.5) is 10.7 Å². The first-order valence-corrected chi connectivity index (χ1v) is 5.89. The highest BCUT2D eigenvalue weighted by atomic mass is 16.4. The van der Waals surface area contributed by atoms with Gasteiger partial charge in [-0.2, -0.15) is 4.98 Å². The van der Waals surface area contributed by atoms with Crippen molar-refractivity contribution in [3.63, 3.8) is 0 Å². The van der Waals surface area contributed by atoms with E-state index in [9.17, 15) is 9.90 Å². The van der Waals surface area contributed by atoms with E-state index < -0.39 is 6.09 Å². The number of hydrogen-bond acceptors (Lipinski definition) is 4. The maximum Gasteiger partial charge on any atom is 0.417 e. The second-order valence-electron chi connectivity index (χ2n) is 4.02. The lowest BCUT2D eigenvalue weighted by Gasteiger charge is -2.17. The van der Waals surface area contributed by atoms with Gasteiger partial charge in [-0.3, -0.25) is 0 Å². The molecule has 2 aromatic rings. The summed E-state index contributed by atoms with van der Waals surface area (Å²) in [6.07, 6.45) is 8.78. The lowest BCUT2D eigenvalue weighted by molar-refractivity contribution is 0.172. The number of nitrogens with one attached hydrogen (secondary N) is 2. The number of aromatic amines is 1. The molecule has 0 aromatic carbocycles. The molecule has 1 amide bonds. The van der Waals surface area contributed by atoms with Gasteiger partial charge in [0.1, 0.15) is 5.82 Å². The Labute approximate surface area is 114 Å². The molecule has 0 saturated carbocycles. The fourth-order valence-electron chi connectivity index (χ4n) is 1.80. The summed E-state index contributed by atoms with van der Waals surface area (Å²) in [7, 11) is 0. The van der Waals surface area contributed by atoms with Crippen LogP contribution in [-0.2, 0) is 0 Å². The molecule has 3 rings (SSSR count). The first kappa shape index (κ1) is 12.0. The Morgan fingerprint density at radius 2 is 2.25 bits per heavy atom. The Balaban J connectivity index is 1.92. The summed E-state index contributed by atoms with van der Waals surface area (Å²) in [5.41, 5.74) is 1.34. The van der Waals surface area contributed by atoms with Crippen molar-refractivity contribution in [3.8, 4) is 0 Å². The van der Waals surface area contributed by atoms with Gasteiger partial charge >= 0.3 is 6.09 Å². The first-order valence-electron chi connectivity index (χ1n) is 5.89. The fourth-order valence-corrected chi connectivity index (χ4v) is 1.80. The van der Waals surface area contributed by atoms with Crippen molar-refractivity contribution in [2.24, 2.45) is 0 Å². The van der Waals surface area contributed by atoms with Crippen LogP contribution in [0.3, 0.4) is 0 Å². The van der Waals surface area contributed by atoms with Crippen LogP contribution in [0.25, 0.3) is 11.2 Å². The molecule has 2 aromatic heterocycles. The molecule has 0 bridgehead atoms. The number of pyridine rings is 1. The average molecular weight is 269 g/mol. The molecule has 0 atom stereocenters. The van der Waals surface area contributed by atoms with Gasteiger partial charge in [-0.1, -0.05) is 12.2 Å². The highest BCUT2D eigenvalue weighted by Gasteiger charge is 2.16. The Morgan fingerprint density at radius 1 is 1.35 bits per heavy atom. The molecule has 0 spiro atoms. The summed E-state index contributed by atoms with van der Waals surface area (Å²) in [5.74, 6) is 0.807. The molecular formula is C13H11N5O2. The minimum Gasteiger partial charge on any atom is -0.464 e. The maximum atomic E-state index is 11.2. The zero-order valence-electron chi connectivity index (χ0n) is 10.3. The maximum absolute atomic E-state index is 11.2. The van der Waals surface area contributed by atoms with E-state index in [-0.39, 0.29) is 0 Å². The monoisotopic (exact) mass is 269 g/mol. The second-order valence-corrected chi connectivity index (χ2v) is 4.02. The summed E-state index contributed by atoms with van der Waals surface area (Å²) in [4.78, 5) is 23.7. The van der Waals surface area contributed by atoms with Gasteiger partial charge < -0.3 is 15.4 Å². The molecular weight excluding hydrogens is 258 g/mol. The smallest absolute Gasteiger partial charge is 0.417 e. The quantitative estimate of drug-likeness (QED) is 0.777. The van der Waals surface area contributed by atoms with E-state index in [1.807, 2.05) is 6.07 Å². The van der Waals surface area contributed by atoms with Crippen molar-refractivity contribution in [2.45, 2.75) is 0 Å². The standard InChI is InChI=1S/C13H11N5O2/c19-13(20)18-8-3-1-2-6-10(18)16-12-15-9-5-4-7-14-11(9)17-12/h1-8H,(H,19,20)(H2,14,15,16,17). The summed E-state index contributed by atoms with van der Waals surface area (Å²) >= 11 is 0. The van der Waals surface area contributed by atoms with Crippen molar-refractivity contribution >= 4 is 23.2 Å². The van der Waals surface area contributed by atoms with Gasteiger partial charge in [-0.25, -0.2) is 14.7 Å². The van der Waals surface area contributed by atoms with Crippen LogP contribution >= 0.6 is 0 Å². The minimum atomic E-state index is -1.09. The number of carboxylic acid groups (broad SMARTS) is 1. The van der Waals surface area contributed by atoms with Crippen LogP contribution in [0.5, 0.6) is 0 Å². The predicted molar refractivity (Wildman–Crippen MR) is 73.7 cm³/mol. The third-order valence-electron chi connectivity index (χ3n) is 2.68. The van der Waals surface area contributed by atoms with Gasteiger partial charge in [-0.15, -0.1) is 0 Å². The van der Waals surface area contributed by atoms with Crippen LogP contribution in [0.1, 0.15) is 0 Å². The van der Waals surface area contributed by atoms with E-state index in [4.69, 9.17) is 0 Å². The van der Waals surface area contributed by atoms with E-state index in [0.29, 0.717) is 17.4 Å². The topological polar surface area (TPSA) is 94.1 Å². The number of nitrogens with zero attached hydrogens (tertiary/aromatic N) is 3. The fraction of sp³-hybridized carbons (Fsp3) is 0. The zero-order chi connectivity index (χ0) is 13.9. The third-order valence-corrected chi connectivity index (χ3v) is 2.68. The van der Waals surface area contributed by atoms with E-state index in [0.717, 1.165) is 10.4 Å². The molecule has 1 aliphatic rings. The summed E-state index contributed by atoms with van der Waals surface area (Å²) in [6.45, 7) is 0. The summed E-state index contributed by atoms with van der Waals surface area (Å²) in [5, 5.41) is 12.1. The number of amides is 1. The van der Waals surface area contributed by atoms with Gasteiger partial charge in [0.2, 0.25) is 5.95 Å². The number of hydrogen-bond donors (Lipinski definition) is 3. The summed E-state index contributed by atoms with van der Waals surface area (Å²) in [6, 6.07) is 3.64. The van der Waals surface area contributed by atoms with Crippen LogP contribution in [0.2, 0.25) is 0 Å². The van der Waals surface area contributed by atoms with Gasteiger partial charge in [0.15, 0.2) is 5.65 Å². The Morgan fingerprint density at radius 3 is 3.05 bits per heavy atom. The van der Waals surface area contributed by atoms with Crippen LogP contribution < -0.4 is 5.32 Å². The molecule has 0 fully saturated rings. The molecule has 0 radical (unpaired) electrons. The van der Waals surface area contributed by atoms with Crippen molar-refractivity contribution in [3.05, 3.63) is 54.7 Å². The van der Waals surface area contributed by atoms with Gasteiger partial charge in [-0.05, 0) is 24.3 Å². The number of anilines is 1. The average Bonchev–Trinajstić information content (AvgIpc) is 2.68. The SMILES string of the molecule is O=C(O)N1C=CC=CC=C1Nc1nc2ncccc2[nH]1. The Bertz CT molecular complexity index is 711. The molecule has 0 saturated heterocycles. The predicted octanol–water partition coefficient (Wildman–Crippen LogP) is 2.27. The molecule has 100 valence electrons. The second kappa shape index (κ2) is 4.88. The molecule has 1 aliphatic heterocycles. The third kappa shape index (κ3) is 2.24. The van der Waals surface area contributed by atoms with Crippen molar-refractivity contribution in [1.82, 2.24) is 19.9 Å². The van der Waals surface area contributed by atoms with Crippen LogP contribution in [0.15, 0.2) is 54.7 Å². The number of carbonyl (C=O) groups is 1. The van der Waals surface area contributed by atoms with Gasteiger partial charge in [0.05, 0.1) is 5.52 Å².